The molecule has 0 radical (unpaired) electrons. The molecule has 9 nitrogen and oxygen atoms in total. The van der Waals surface area contributed by atoms with Crippen molar-refractivity contribution in [2.24, 2.45) is 5.92 Å². The Balaban J connectivity index is 3.36. The quantitative estimate of drug-likeness (QED) is 0.507. The van der Waals surface area contributed by atoms with Gasteiger partial charge in [0, 0.05) is 20.8 Å². The fourth-order valence-corrected chi connectivity index (χ4v) is 2.68. The van der Waals surface area contributed by atoms with E-state index in [1.54, 1.807) is 13.8 Å². The summed E-state index contributed by atoms with van der Waals surface area (Å²) in [6, 6.07) is 0. The molecule has 142 valence electrons. The van der Waals surface area contributed by atoms with Gasteiger partial charge in [0.05, 0.1) is 7.11 Å². The van der Waals surface area contributed by atoms with Crippen LogP contribution in [-0.2, 0) is 42.9 Å². The Morgan fingerprint density at radius 3 is 1.64 bits per heavy atom. The highest BCUT2D eigenvalue weighted by molar-refractivity contribution is 5.77. The van der Waals surface area contributed by atoms with E-state index in [9.17, 15) is 19.2 Å². The molecule has 1 heterocycles. The number of ether oxygens (including phenoxy) is 5. The second kappa shape index (κ2) is 8.80. The van der Waals surface area contributed by atoms with Crippen molar-refractivity contribution in [1.82, 2.24) is 0 Å². The number of hydrogen-bond donors (Lipinski definition) is 0. The smallest absolute Gasteiger partial charge is 0.339 e. The van der Waals surface area contributed by atoms with E-state index in [-0.39, 0.29) is 5.92 Å². The molecule has 1 saturated heterocycles. The largest absolute Gasteiger partial charge is 0.467 e. The van der Waals surface area contributed by atoms with E-state index in [0.29, 0.717) is 0 Å². The summed E-state index contributed by atoms with van der Waals surface area (Å²) >= 11 is 0. The van der Waals surface area contributed by atoms with Crippen molar-refractivity contribution in [3.05, 3.63) is 0 Å². The fraction of sp³-hybridized carbons (Fsp3) is 0.750. The zero-order valence-electron chi connectivity index (χ0n) is 15.1. The Hall–Kier alpha value is -2.16. The van der Waals surface area contributed by atoms with Crippen molar-refractivity contribution in [1.29, 1.82) is 0 Å². The molecule has 25 heavy (non-hydrogen) atoms. The summed E-state index contributed by atoms with van der Waals surface area (Å²) in [5, 5.41) is 0. The highest BCUT2D eigenvalue weighted by Gasteiger charge is 2.55. The molecule has 0 aliphatic carbocycles. The maximum Gasteiger partial charge on any atom is 0.339 e. The highest BCUT2D eigenvalue weighted by Crippen LogP contribution is 2.32. The summed E-state index contributed by atoms with van der Waals surface area (Å²) in [4.78, 5) is 46.6. The van der Waals surface area contributed by atoms with Crippen LogP contribution in [-0.4, -0.2) is 61.5 Å². The minimum absolute atomic E-state index is 0.201. The van der Waals surface area contributed by atoms with Gasteiger partial charge in [-0.2, -0.15) is 0 Å². The Labute approximate surface area is 145 Å². The molecular weight excluding hydrogens is 336 g/mol. The predicted molar refractivity (Wildman–Crippen MR) is 82.2 cm³/mol. The number of esters is 4. The van der Waals surface area contributed by atoms with E-state index < -0.39 is 54.4 Å². The van der Waals surface area contributed by atoms with Crippen LogP contribution in [0.2, 0.25) is 0 Å². The maximum atomic E-state index is 12.1. The first-order chi connectivity index (χ1) is 11.6. The first kappa shape index (κ1) is 20.9. The molecule has 0 aromatic heterocycles. The molecule has 1 aliphatic rings. The van der Waals surface area contributed by atoms with E-state index in [4.69, 9.17) is 23.7 Å². The summed E-state index contributed by atoms with van der Waals surface area (Å²) < 4.78 is 26.1. The zero-order valence-corrected chi connectivity index (χ0v) is 15.1. The number of rotatable bonds is 5. The molecule has 0 amide bonds. The lowest BCUT2D eigenvalue weighted by Gasteiger charge is -2.44. The van der Waals surface area contributed by atoms with Gasteiger partial charge in [-0.3, -0.25) is 14.4 Å². The molecule has 1 rings (SSSR count). The first-order valence-electron chi connectivity index (χ1n) is 7.83. The Morgan fingerprint density at radius 2 is 1.24 bits per heavy atom. The van der Waals surface area contributed by atoms with Crippen molar-refractivity contribution < 1.29 is 42.9 Å². The summed E-state index contributed by atoms with van der Waals surface area (Å²) in [6.45, 7) is 7.05. The standard InChI is InChI=1S/C16H24O9/c1-7(2)11-12(22-8(3)17)13(23-9(4)18)14(24-10(5)19)15(25-11)16(20)21-6/h7,11-15H,1-6H3/t11-,12-,13+,14-,15-/m0/s1. The third-order valence-corrected chi connectivity index (χ3v) is 3.57. The molecule has 5 atom stereocenters. The second-order valence-corrected chi connectivity index (χ2v) is 6.01. The molecular formula is C16H24O9. The van der Waals surface area contributed by atoms with Gasteiger partial charge in [0.1, 0.15) is 6.10 Å². The van der Waals surface area contributed by atoms with Crippen LogP contribution in [0.4, 0.5) is 0 Å². The maximum absolute atomic E-state index is 12.1. The lowest BCUT2D eigenvalue weighted by molar-refractivity contribution is -0.254. The molecule has 0 N–H and O–H groups in total. The fourth-order valence-electron chi connectivity index (χ4n) is 2.68. The van der Waals surface area contributed by atoms with Crippen LogP contribution in [0, 0.1) is 5.92 Å². The third kappa shape index (κ3) is 5.42. The molecule has 0 unspecified atom stereocenters. The van der Waals surface area contributed by atoms with Gasteiger partial charge in [0.15, 0.2) is 24.4 Å². The number of carbonyl (C=O) groups excluding carboxylic acids is 4. The lowest BCUT2D eigenvalue weighted by Crippen LogP contribution is -2.64. The van der Waals surface area contributed by atoms with Gasteiger partial charge in [-0.1, -0.05) is 13.8 Å². The Kier molecular flexibility index (Phi) is 7.35. The summed E-state index contributed by atoms with van der Waals surface area (Å²) in [7, 11) is 1.15. The molecule has 0 bridgehead atoms. The van der Waals surface area contributed by atoms with Crippen molar-refractivity contribution in [3.8, 4) is 0 Å². The average molecular weight is 360 g/mol. The van der Waals surface area contributed by atoms with Gasteiger partial charge in [-0.05, 0) is 5.92 Å². The van der Waals surface area contributed by atoms with Crippen molar-refractivity contribution in [2.75, 3.05) is 7.11 Å². The Bertz CT molecular complexity index is 528. The number of hydrogen-bond acceptors (Lipinski definition) is 9. The van der Waals surface area contributed by atoms with Gasteiger partial charge in [0.25, 0.3) is 0 Å². The Morgan fingerprint density at radius 1 is 0.800 bits per heavy atom. The molecule has 0 saturated carbocycles. The van der Waals surface area contributed by atoms with Crippen molar-refractivity contribution in [2.45, 2.75) is 65.1 Å². The lowest BCUT2D eigenvalue weighted by atomic mass is 9.88. The first-order valence-corrected chi connectivity index (χ1v) is 7.83. The minimum Gasteiger partial charge on any atom is -0.467 e. The highest BCUT2D eigenvalue weighted by atomic mass is 16.7. The molecule has 0 spiro atoms. The molecule has 0 aromatic carbocycles. The van der Waals surface area contributed by atoms with Crippen LogP contribution in [0.3, 0.4) is 0 Å². The van der Waals surface area contributed by atoms with E-state index in [1.807, 2.05) is 0 Å². The number of methoxy groups -OCH3 is 1. The van der Waals surface area contributed by atoms with Crippen LogP contribution in [0.25, 0.3) is 0 Å². The SMILES string of the molecule is COC(=O)[C@H]1O[C@@H](C(C)C)[C@H](OC(C)=O)[C@@H](OC(C)=O)[C@@H]1OC(C)=O. The normalized spacial score (nSPS) is 28.8. The van der Waals surface area contributed by atoms with Crippen molar-refractivity contribution >= 4 is 23.9 Å². The third-order valence-electron chi connectivity index (χ3n) is 3.57. The predicted octanol–water partition coefficient (Wildman–Crippen LogP) is 0.378. The van der Waals surface area contributed by atoms with Crippen LogP contribution in [0.5, 0.6) is 0 Å². The van der Waals surface area contributed by atoms with Gasteiger partial charge < -0.3 is 23.7 Å². The molecule has 9 heteroatoms. The van der Waals surface area contributed by atoms with Crippen molar-refractivity contribution in [3.63, 3.8) is 0 Å². The monoisotopic (exact) mass is 360 g/mol. The van der Waals surface area contributed by atoms with E-state index in [2.05, 4.69) is 0 Å². The summed E-state index contributed by atoms with van der Waals surface area (Å²) in [5.41, 5.74) is 0. The number of carbonyl (C=O) groups is 4. The topological polar surface area (TPSA) is 114 Å². The van der Waals surface area contributed by atoms with Crippen LogP contribution in [0.15, 0.2) is 0 Å². The van der Waals surface area contributed by atoms with Gasteiger partial charge in [0.2, 0.25) is 0 Å². The molecule has 0 aromatic rings. The minimum atomic E-state index is -1.32. The second-order valence-electron chi connectivity index (χ2n) is 6.01. The average Bonchev–Trinajstić information content (AvgIpc) is 2.48. The van der Waals surface area contributed by atoms with Crippen LogP contribution >= 0.6 is 0 Å². The van der Waals surface area contributed by atoms with E-state index in [0.717, 1.165) is 21.0 Å². The van der Waals surface area contributed by atoms with E-state index in [1.165, 1.54) is 6.92 Å². The van der Waals surface area contributed by atoms with Gasteiger partial charge in [-0.25, -0.2) is 4.79 Å². The van der Waals surface area contributed by atoms with Gasteiger partial charge >= 0.3 is 23.9 Å². The zero-order chi connectivity index (χ0) is 19.3. The van der Waals surface area contributed by atoms with Crippen LogP contribution < -0.4 is 0 Å². The molecule has 1 aliphatic heterocycles. The summed E-state index contributed by atoms with van der Waals surface area (Å²) in [6.07, 6.45) is -5.67. The van der Waals surface area contributed by atoms with Crippen LogP contribution in [0.1, 0.15) is 34.6 Å². The summed E-state index contributed by atoms with van der Waals surface area (Å²) in [5.74, 6) is -3.03. The molecule has 1 fully saturated rings. The van der Waals surface area contributed by atoms with E-state index >= 15 is 0 Å². The van der Waals surface area contributed by atoms with Gasteiger partial charge in [-0.15, -0.1) is 0 Å².